The maximum absolute atomic E-state index is 12.8. The van der Waals surface area contributed by atoms with E-state index in [0.717, 1.165) is 116 Å². The molecule has 0 saturated carbocycles. The first kappa shape index (κ1) is 66.8. The molecule has 0 spiro atoms. The zero-order chi connectivity index (χ0) is 51.4. The molecule has 0 aromatic carbocycles. The van der Waals surface area contributed by atoms with Crippen LogP contribution in [0.5, 0.6) is 0 Å². The zero-order valence-corrected chi connectivity index (χ0v) is 45.9. The van der Waals surface area contributed by atoms with Gasteiger partial charge in [-0.1, -0.05) is 239 Å². The van der Waals surface area contributed by atoms with Crippen molar-refractivity contribution in [3.8, 4) is 0 Å². The highest BCUT2D eigenvalue weighted by Gasteiger charge is 2.19. The second-order valence-corrected chi connectivity index (χ2v) is 18.8. The van der Waals surface area contributed by atoms with E-state index < -0.39 is 6.10 Å². The summed E-state index contributed by atoms with van der Waals surface area (Å²) in [5.41, 5.74) is 0. The van der Waals surface area contributed by atoms with Crippen molar-refractivity contribution in [3.05, 3.63) is 122 Å². The summed E-state index contributed by atoms with van der Waals surface area (Å²) in [5.74, 6) is -0.955. The molecule has 6 heteroatoms. The van der Waals surface area contributed by atoms with Crippen molar-refractivity contribution in [1.82, 2.24) is 0 Å². The number of ether oxygens (including phenoxy) is 3. The topological polar surface area (TPSA) is 78.9 Å². The van der Waals surface area contributed by atoms with E-state index in [2.05, 4.69) is 142 Å². The summed E-state index contributed by atoms with van der Waals surface area (Å²) < 4.78 is 16.8. The number of esters is 3. The Hall–Kier alpha value is -4.19. The molecular formula is C65H106O6. The van der Waals surface area contributed by atoms with Crippen LogP contribution in [0.15, 0.2) is 122 Å². The van der Waals surface area contributed by atoms with Crippen LogP contribution in [0.2, 0.25) is 0 Å². The Kier molecular flexibility index (Phi) is 54.9. The van der Waals surface area contributed by atoms with Crippen LogP contribution in [0.25, 0.3) is 0 Å². The molecule has 0 bridgehead atoms. The van der Waals surface area contributed by atoms with E-state index in [1.54, 1.807) is 0 Å². The first-order valence-corrected chi connectivity index (χ1v) is 29.0. The number of allylic oxidation sites excluding steroid dienone is 20. The number of unbranched alkanes of at least 4 members (excludes halogenated alkanes) is 20. The molecule has 0 aromatic rings. The second-order valence-electron chi connectivity index (χ2n) is 18.8. The minimum absolute atomic E-state index is 0.0964. The lowest BCUT2D eigenvalue weighted by atomic mass is 10.1. The van der Waals surface area contributed by atoms with Gasteiger partial charge in [0.15, 0.2) is 6.10 Å². The van der Waals surface area contributed by atoms with Gasteiger partial charge in [-0.2, -0.15) is 0 Å². The Morgan fingerprint density at radius 2 is 0.549 bits per heavy atom. The molecule has 0 N–H and O–H groups in total. The number of rotatable bonds is 51. The van der Waals surface area contributed by atoms with Crippen LogP contribution in [0.3, 0.4) is 0 Å². The molecule has 0 heterocycles. The van der Waals surface area contributed by atoms with Crippen LogP contribution in [0.1, 0.15) is 252 Å². The molecule has 6 nitrogen and oxygen atoms in total. The van der Waals surface area contributed by atoms with E-state index in [9.17, 15) is 14.4 Å². The van der Waals surface area contributed by atoms with Crippen LogP contribution in [-0.4, -0.2) is 37.2 Å². The van der Waals surface area contributed by atoms with Crippen molar-refractivity contribution < 1.29 is 28.6 Å². The first-order chi connectivity index (χ1) is 35.0. The lowest BCUT2D eigenvalue weighted by molar-refractivity contribution is -0.167. The summed E-state index contributed by atoms with van der Waals surface area (Å²) in [6, 6.07) is 0. The van der Waals surface area contributed by atoms with Gasteiger partial charge in [0.2, 0.25) is 0 Å². The summed E-state index contributed by atoms with van der Waals surface area (Å²) in [5, 5.41) is 0. The van der Waals surface area contributed by atoms with Crippen molar-refractivity contribution in [1.29, 1.82) is 0 Å². The molecule has 0 aliphatic rings. The number of carbonyl (C=O) groups is 3. The van der Waals surface area contributed by atoms with Gasteiger partial charge in [0.1, 0.15) is 13.2 Å². The third-order valence-electron chi connectivity index (χ3n) is 12.0. The highest BCUT2D eigenvalue weighted by Crippen LogP contribution is 2.14. The van der Waals surface area contributed by atoms with E-state index in [4.69, 9.17) is 14.2 Å². The fraction of sp³-hybridized carbons (Fsp3) is 0.646. The van der Waals surface area contributed by atoms with Crippen molar-refractivity contribution in [2.24, 2.45) is 0 Å². The molecule has 0 fully saturated rings. The van der Waals surface area contributed by atoms with E-state index in [0.29, 0.717) is 25.7 Å². The van der Waals surface area contributed by atoms with Gasteiger partial charge >= 0.3 is 17.9 Å². The van der Waals surface area contributed by atoms with Gasteiger partial charge in [-0.15, -0.1) is 0 Å². The van der Waals surface area contributed by atoms with E-state index in [1.807, 2.05) is 0 Å². The van der Waals surface area contributed by atoms with Crippen molar-refractivity contribution in [2.75, 3.05) is 13.2 Å². The largest absolute Gasteiger partial charge is 0.462 e. The number of carbonyl (C=O) groups excluding carboxylic acids is 3. The van der Waals surface area contributed by atoms with Crippen LogP contribution in [-0.2, 0) is 28.6 Å². The number of hydrogen-bond donors (Lipinski definition) is 0. The van der Waals surface area contributed by atoms with Crippen molar-refractivity contribution in [3.63, 3.8) is 0 Å². The van der Waals surface area contributed by atoms with Gasteiger partial charge < -0.3 is 14.2 Å². The third-order valence-corrected chi connectivity index (χ3v) is 12.0. The Bertz CT molecular complexity index is 1500. The molecule has 1 unspecified atom stereocenters. The highest BCUT2D eigenvalue weighted by atomic mass is 16.6. The standard InChI is InChI=1S/C65H106O6/c1-4-7-10-13-16-19-21-23-25-27-28-29-30-31-32-33-34-35-36-38-39-41-43-46-49-52-55-58-64(67)70-61-62(60-69-63(66)57-54-51-48-45-18-15-12-9-6-3)71-65(68)59-56-53-50-47-44-42-40-37-26-24-22-20-17-14-11-8-5-2/h7,10,16-17,19-20,23-26,28-29,31-32,34-35,38-39,43,46,62H,4-6,8-9,11-15,18,21-22,27,30,33,36-37,40-42,44-45,47-61H2,1-3H3/b10-7-,19-16-,20-17-,25-23-,26-24-,29-28-,32-31-,35-34-,39-38-,46-43-. The molecule has 0 aliphatic carbocycles. The predicted octanol–water partition coefficient (Wildman–Crippen LogP) is 19.6. The highest BCUT2D eigenvalue weighted by molar-refractivity contribution is 5.71. The normalized spacial score (nSPS) is 13.0. The van der Waals surface area contributed by atoms with Gasteiger partial charge in [-0.3, -0.25) is 14.4 Å². The predicted molar refractivity (Wildman–Crippen MR) is 306 cm³/mol. The molecule has 0 aromatic heterocycles. The van der Waals surface area contributed by atoms with Crippen LogP contribution >= 0.6 is 0 Å². The van der Waals surface area contributed by atoms with Crippen LogP contribution in [0.4, 0.5) is 0 Å². The average Bonchev–Trinajstić information content (AvgIpc) is 3.37. The summed E-state index contributed by atoms with van der Waals surface area (Å²) in [6.07, 6.45) is 80.5. The molecule has 0 aliphatic heterocycles. The van der Waals surface area contributed by atoms with Gasteiger partial charge in [0.25, 0.3) is 0 Å². The van der Waals surface area contributed by atoms with Gasteiger partial charge in [-0.05, 0) is 116 Å². The van der Waals surface area contributed by atoms with E-state index in [-0.39, 0.29) is 31.1 Å². The number of hydrogen-bond acceptors (Lipinski definition) is 6. The smallest absolute Gasteiger partial charge is 0.306 e. The van der Waals surface area contributed by atoms with E-state index >= 15 is 0 Å². The zero-order valence-electron chi connectivity index (χ0n) is 45.9. The van der Waals surface area contributed by atoms with Gasteiger partial charge in [0, 0.05) is 19.3 Å². The maximum Gasteiger partial charge on any atom is 0.306 e. The van der Waals surface area contributed by atoms with E-state index in [1.165, 1.54) is 89.9 Å². The third kappa shape index (κ3) is 56.6. The average molecular weight is 984 g/mol. The van der Waals surface area contributed by atoms with Crippen molar-refractivity contribution >= 4 is 17.9 Å². The van der Waals surface area contributed by atoms with Gasteiger partial charge in [-0.25, -0.2) is 0 Å². The lowest BCUT2D eigenvalue weighted by Crippen LogP contribution is -2.30. The fourth-order valence-electron chi connectivity index (χ4n) is 7.60. The summed E-state index contributed by atoms with van der Waals surface area (Å²) in [6.45, 7) is 6.43. The summed E-state index contributed by atoms with van der Waals surface area (Å²) >= 11 is 0. The molecule has 1 atom stereocenters. The minimum Gasteiger partial charge on any atom is -0.462 e. The fourth-order valence-corrected chi connectivity index (χ4v) is 7.60. The summed E-state index contributed by atoms with van der Waals surface area (Å²) in [4.78, 5) is 38.0. The Balaban J connectivity index is 4.38. The molecule has 402 valence electrons. The maximum atomic E-state index is 12.8. The Morgan fingerprint density at radius 3 is 0.915 bits per heavy atom. The van der Waals surface area contributed by atoms with Gasteiger partial charge in [0.05, 0.1) is 0 Å². The lowest BCUT2D eigenvalue weighted by Gasteiger charge is -2.18. The first-order valence-electron chi connectivity index (χ1n) is 29.0. The molecule has 71 heavy (non-hydrogen) atoms. The monoisotopic (exact) mass is 983 g/mol. The van der Waals surface area contributed by atoms with Crippen LogP contribution < -0.4 is 0 Å². The van der Waals surface area contributed by atoms with Crippen molar-refractivity contribution in [2.45, 2.75) is 258 Å². The summed E-state index contributed by atoms with van der Waals surface area (Å²) in [7, 11) is 0. The minimum atomic E-state index is -0.801. The molecule has 0 rings (SSSR count). The van der Waals surface area contributed by atoms with Crippen LogP contribution in [0, 0.1) is 0 Å². The second kappa shape index (κ2) is 58.4. The Morgan fingerprint density at radius 1 is 0.296 bits per heavy atom. The molecule has 0 amide bonds. The molecule has 0 radical (unpaired) electrons. The SMILES string of the molecule is CC/C=C\C/C=C\C/C=C\C/C=C\C/C=C\C/C=C\C/C=C\C/C=C\CCCCC(=O)OCC(COC(=O)CCCCCCCCCCC)OC(=O)CCCCCCCCC/C=C\C/C=C\CCCCC. The Labute approximate surface area is 437 Å². The quantitative estimate of drug-likeness (QED) is 0.0261. The molecule has 0 saturated heterocycles. The molecular weight excluding hydrogens is 877 g/mol.